The monoisotopic (exact) mass is 291 g/mol. The highest BCUT2D eigenvalue weighted by Crippen LogP contribution is 2.14. The van der Waals surface area contributed by atoms with Crippen LogP contribution in [0.5, 0.6) is 0 Å². The number of carboxylic acids is 1. The van der Waals surface area contributed by atoms with Gasteiger partial charge in [-0.25, -0.2) is 4.79 Å². The van der Waals surface area contributed by atoms with Gasteiger partial charge in [0.25, 0.3) is 0 Å². The minimum Gasteiger partial charge on any atom is -0.480 e. The molecule has 0 spiro atoms. The third-order valence-electron chi connectivity index (χ3n) is 3.26. The third kappa shape index (κ3) is 4.70. The second-order valence-corrected chi connectivity index (χ2v) is 5.72. The number of nitrogens with one attached hydrogen (secondary N) is 1. The molecule has 1 rings (SSSR count). The average Bonchev–Trinajstić information content (AvgIpc) is 2.38. The molecule has 1 amide bonds. The van der Waals surface area contributed by atoms with Crippen LogP contribution in [0.1, 0.15) is 48.2 Å². The Morgan fingerprint density at radius 3 is 2.33 bits per heavy atom. The topological polar surface area (TPSA) is 83.5 Å². The highest BCUT2D eigenvalue weighted by Gasteiger charge is 2.28. The first-order valence-corrected chi connectivity index (χ1v) is 6.78. The molecular formula is C16H21NO4. The van der Waals surface area contributed by atoms with Crippen LogP contribution in [0.4, 0.5) is 0 Å². The molecule has 0 aliphatic carbocycles. The van der Waals surface area contributed by atoms with Crippen LogP contribution in [0.2, 0.25) is 0 Å². The van der Waals surface area contributed by atoms with Crippen molar-refractivity contribution in [3.8, 4) is 0 Å². The molecule has 5 nitrogen and oxygen atoms in total. The number of aliphatic carboxylic acids is 1. The Kier molecular flexibility index (Phi) is 5.24. The molecule has 0 fully saturated rings. The van der Waals surface area contributed by atoms with Crippen molar-refractivity contribution in [1.82, 2.24) is 5.32 Å². The van der Waals surface area contributed by atoms with Crippen molar-refractivity contribution in [1.29, 1.82) is 0 Å². The summed E-state index contributed by atoms with van der Waals surface area (Å²) in [7, 11) is 0. The lowest BCUT2D eigenvalue weighted by molar-refractivity contribution is -0.146. The van der Waals surface area contributed by atoms with Gasteiger partial charge in [-0.1, -0.05) is 17.7 Å². The minimum atomic E-state index is -1.33. The Morgan fingerprint density at radius 2 is 1.76 bits per heavy atom. The fourth-order valence-corrected chi connectivity index (χ4v) is 1.86. The first-order chi connectivity index (χ1) is 9.63. The van der Waals surface area contributed by atoms with Crippen LogP contribution >= 0.6 is 0 Å². The van der Waals surface area contributed by atoms with E-state index in [9.17, 15) is 14.4 Å². The van der Waals surface area contributed by atoms with Gasteiger partial charge >= 0.3 is 5.97 Å². The Labute approximate surface area is 124 Å². The van der Waals surface area contributed by atoms with Gasteiger partial charge in [0.2, 0.25) is 5.91 Å². The maximum atomic E-state index is 12.1. The molecule has 1 aromatic rings. The summed E-state index contributed by atoms with van der Waals surface area (Å²) in [6.45, 7) is 6.55. The lowest BCUT2D eigenvalue weighted by atomic mass is 9.99. The summed E-state index contributed by atoms with van der Waals surface area (Å²) in [5.41, 5.74) is 1.14. The molecule has 0 saturated carbocycles. The number of Topliss-reactive ketones (excluding diaryl/α,β-unsaturated/α-hetero) is 1. The molecule has 0 atom stereocenters. The summed E-state index contributed by atoms with van der Waals surface area (Å²) in [5, 5.41) is 11.3. The summed E-state index contributed by atoms with van der Waals surface area (Å²) in [6, 6.07) is 5.60. The molecular weight excluding hydrogens is 270 g/mol. The highest BCUT2D eigenvalue weighted by atomic mass is 16.4. The van der Waals surface area contributed by atoms with E-state index in [4.69, 9.17) is 5.11 Å². The van der Waals surface area contributed by atoms with Crippen LogP contribution < -0.4 is 5.32 Å². The zero-order valence-electron chi connectivity index (χ0n) is 12.8. The van der Waals surface area contributed by atoms with Gasteiger partial charge in [-0.3, -0.25) is 9.59 Å². The number of carbonyl (C=O) groups excluding carboxylic acids is 2. The van der Waals surface area contributed by atoms with E-state index in [-0.39, 0.29) is 18.6 Å². The predicted octanol–water partition coefficient (Wildman–Crippen LogP) is 2.25. The van der Waals surface area contributed by atoms with Gasteiger partial charge in [-0.15, -0.1) is 0 Å². The minimum absolute atomic E-state index is 0.0249. The Morgan fingerprint density at radius 1 is 1.14 bits per heavy atom. The quantitative estimate of drug-likeness (QED) is 0.787. The third-order valence-corrected chi connectivity index (χ3v) is 3.26. The summed E-state index contributed by atoms with van der Waals surface area (Å²) < 4.78 is 0. The number of amides is 1. The van der Waals surface area contributed by atoms with Crippen LogP contribution in [0.25, 0.3) is 0 Å². The van der Waals surface area contributed by atoms with Crippen molar-refractivity contribution in [3.05, 3.63) is 34.9 Å². The number of benzene rings is 1. The van der Waals surface area contributed by atoms with Gasteiger partial charge in [0.05, 0.1) is 0 Å². The first kappa shape index (κ1) is 16.9. The molecule has 0 saturated heterocycles. The van der Waals surface area contributed by atoms with Crippen molar-refractivity contribution in [2.45, 2.75) is 46.1 Å². The molecule has 5 heteroatoms. The second-order valence-electron chi connectivity index (χ2n) is 5.72. The molecule has 0 bridgehead atoms. The van der Waals surface area contributed by atoms with Gasteiger partial charge < -0.3 is 10.4 Å². The van der Waals surface area contributed by atoms with E-state index in [1.54, 1.807) is 6.07 Å². The van der Waals surface area contributed by atoms with Crippen LogP contribution in [-0.4, -0.2) is 28.3 Å². The molecule has 0 aliphatic heterocycles. The molecule has 114 valence electrons. The van der Waals surface area contributed by atoms with E-state index in [1.165, 1.54) is 13.8 Å². The predicted molar refractivity (Wildman–Crippen MR) is 79.3 cm³/mol. The van der Waals surface area contributed by atoms with E-state index < -0.39 is 17.4 Å². The number of aryl methyl sites for hydroxylation is 2. The summed E-state index contributed by atoms with van der Waals surface area (Å²) in [6.07, 6.45) is 0.0365. The fraction of sp³-hybridized carbons (Fsp3) is 0.438. The van der Waals surface area contributed by atoms with Crippen LogP contribution in [0.15, 0.2) is 18.2 Å². The largest absolute Gasteiger partial charge is 0.480 e. The SMILES string of the molecule is Cc1ccc(C)c(C(=O)CCC(=O)NC(C)(C)C(=O)O)c1. The van der Waals surface area contributed by atoms with E-state index >= 15 is 0 Å². The van der Waals surface area contributed by atoms with Gasteiger partial charge in [0.15, 0.2) is 5.78 Å². The van der Waals surface area contributed by atoms with Gasteiger partial charge in [0, 0.05) is 18.4 Å². The van der Waals surface area contributed by atoms with Crippen LogP contribution in [-0.2, 0) is 9.59 Å². The van der Waals surface area contributed by atoms with Crippen LogP contribution in [0.3, 0.4) is 0 Å². The zero-order chi connectivity index (χ0) is 16.2. The van der Waals surface area contributed by atoms with Crippen molar-refractivity contribution < 1.29 is 19.5 Å². The summed E-state index contributed by atoms with van der Waals surface area (Å²) in [5.74, 6) is -1.67. The van der Waals surface area contributed by atoms with E-state index in [0.29, 0.717) is 5.56 Å². The molecule has 0 heterocycles. The number of carboxylic acid groups (broad SMARTS) is 1. The first-order valence-electron chi connectivity index (χ1n) is 6.78. The highest BCUT2D eigenvalue weighted by molar-refractivity contribution is 5.99. The lowest BCUT2D eigenvalue weighted by Crippen LogP contribution is -2.49. The Bertz CT molecular complexity index is 576. The van der Waals surface area contributed by atoms with Crippen molar-refractivity contribution in [3.63, 3.8) is 0 Å². The number of hydrogen-bond donors (Lipinski definition) is 2. The summed E-state index contributed by atoms with van der Waals surface area (Å²) >= 11 is 0. The average molecular weight is 291 g/mol. The van der Waals surface area contributed by atoms with Gasteiger partial charge in [-0.2, -0.15) is 0 Å². The number of ketones is 1. The van der Waals surface area contributed by atoms with E-state index in [1.807, 2.05) is 26.0 Å². The molecule has 21 heavy (non-hydrogen) atoms. The Hall–Kier alpha value is -2.17. The molecule has 0 unspecified atom stereocenters. The zero-order valence-corrected chi connectivity index (χ0v) is 12.8. The molecule has 0 aliphatic rings. The molecule has 2 N–H and O–H groups in total. The van der Waals surface area contributed by atoms with Crippen LogP contribution in [0, 0.1) is 13.8 Å². The van der Waals surface area contributed by atoms with E-state index in [0.717, 1.165) is 11.1 Å². The maximum absolute atomic E-state index is 12.1. The van der Waals surface area contributed by atoms with E-state index in [2.05, 4.69) is 5.32 Å². The van der Waals surface area contributed by atoms with Crippen molar-refractivity contribution >= 4 is 17.7 Å². The number of carbonyl (C=O) groups is 3. The van der Waals surface area contributed by atoms with Crippen molar-refractivity contribution in [2.24, 2.45) is 0 Å². The molecule has 1 aromatic carbocycles. The molecule has 0 aromatic heterocycles. The lowest BCUT2D eigenvalue weighted by Gasteiger charge is -2.20. The fourth-order valence-electron chi connectivity index (χ4n) is 1.86. The van der Waals surface area contributed by atoms with Gasteiger partial charge in [0.1, 0.15) is 5.54 Å². The van der Waals surface area contributed by atoms with Crippen molar-refractivity contribution in [2.75, 3.05) is 0 Å². The number of rotatable bonds is 6. The normalized spacial score (nSPS) is 11.0. The standard InChI is InChI=1S/C16H21NO4/c1-10-5-6-11(2)12(9-10)13(18)7-8-14(19)17-16(3,4)15(20)21/h5-6,9H,7-8H2,1-4H3,(H,17,19)(H,20,21). The smallest absolute Gasteiger partial charge is 0.328 e. The van der Waals surface area contributed by atoms with Gasteiger partial charge in [-0.05, 0) is 39.3 Å². The Balaban J connectivity index is 2.63. The molecule has 0 radical (unpaired) electrons. The maximum Gasteiger partial charge on any atom is 0.328 e. The summed E-state index contributed by atoms with van der Waals surface area (Å²) in [4.78, 5) is 34.8. The second kappa shape index (κ2) is 6.52. The number of hydrogen-bond acceptors (Lipinski definition) is 3.